The average molecular weight is 270 g/mol. The lowest BCUT2D eigenvalue weighted by Crippen LogP contribution is -2.03. The fourth-order valence-electron chi connectivity index (χ4n) is 2.11. The van der Waals surface area contributed by atoms with Crippen molar-refractivity contribution in [2.75, 3.05) is 12.4 Å². The molecule has 0 spiro atoms. The van der Waals surface area contributed by atoms with Crippen molar-refractivity contribution in [1.29, 1.82) is 5.26 Å². The Morgan fingerprint density at radius 2 is 2.25 bits per heavy atom. The molecule has 104 valence electrons. The number of methoxy groups -OCH3 is 1. The van der Waals surface area contributed by atoms with Gasteiger partial charge < -0.3 is 10.1 Å². The van der Waals surface area contributed by atoms with Gasteiger partial charge in [0, 0.05) is 31.4 Å². The Morgan fingerprint density at radius 1 is 1.45 bits per heavy atom. The van der Waals surface area contributed by atoms with E-state index in [4.69, 9.17) is 10.00 Å². The number of nitrogens with one attached hydrogen (secondary N) is 1. The van der Waals surface area contributed by atoms with Crippen molar-refractivity contribution in [2.24, 2.45) is 7.05 Å². The van der Waals surface area contributed by atoms with Gasteiger partial charge in [0.15, 0.2) is 0 Å². The number of hydrogen-bond acceptors (Lipinski definition) is 4. The molecule has 2 rings (SSSR count). The Morgan fingerprint density at radius 3 is 2.90 bits per heavy atom. The molecule has 0 bridgehead atoms. The molecule has 0 saturated carbocycles. The van der Waals surface area contributed by atoms with E-state index in [1.165, 1.54) is 0 Å². The van der Waals surface area contributed by atoms with Gasteiger partial charge in [-0.25, -0.2) is 0 Å². The molecule has 1 N–H and O–H groups in total. The summed E-state index contributed by atoms with van der Waals surface area (Å²) < 4.78 is 7.00. The van der Waals surface area contributed by atoms with E-state index < -0.39 is 0 Å². The summed E-state index contributed by atoms with van der Waals surface area (Å²) in [6.07, 6.45) is 2.89. The van der Waals surface area contributed by atoms with E-state index in [1.54, 1.807) is 19.2 Å². The maximum atomic E-state index is 9.14. The monoisotopic (exact) mass is 270 g/mol. The minimum Gasteiger partial charge on any atom is -0.497 e. The highest BCUT2D eigenvalue weighted by Gasteiger charge is 2.08. The van der Waals surface area contributed by atoms with Crippen LogP contribution >= 0.6 is 0 Å². The van der Waals surface area contributed by atoms with Gasteiger partial charge in [-0.2, -0.15) is 10.4 Å². The van der Waals surface area contributed by atoms with E-state index in [9.17, 15) is 0 Å². The van der Waals surface area contributed by atoms with Crippen LogP contribution in [-0.4, -0.2) is 16.9 Å². The van der Waals surface area contributed by atoms with Crippen LogP contribution in [0.1, 0.15) is 23.7 Å². The molecule has 0 fully saturated rings. The Hall–Kier alpha value is -2.48. The molecule has 0 radical (unpaired) electrons. The van der Waals surface area contributed by atoms with Gasteiger partial charge in [0.25, 0.3) is 0 Å². The van der Waals surface area contributed by atoms with Gasteiger partial charge in [0.2, 0.25) is 0 Å². The van der Waals surface area contributed by atoms with E-state index in [2.05, 4.69) is 23.4 Å². The van der Waals surface area contributed by atoms with Gasteiger partial charge >= 0.3 is 0 Å². The van der Waals surface area contributed by atoms with Gasteiger partial charge in [0.05, 0.1) is 24.1 Å². The fourth-order valence-corrected chi connectivity index (χ4v) is 2.11. The van der Waals surface area contributed by atoms with Gasteiger partial charge in [-0.3, -0.25) is 4.68 Å². The predicted octanol–water partition coefficient (Wildman–Crippen LogP) is 2.47. The Kier molecular flexibility index (Phi) is 4.26. The van der Waals surface area contributed by atoms with E-state index in [0.29, 0.717) is 12.1 Å². The SMILES string of the molecule is CCc1nn(C)cc1CNc1cc(OC)ccc1C#N. The molecular formula is C15H18N4O. The van der Waals surface area contributed by atoms with Gasteiger partial charge in [-0.1, -0.05) is 6.92 Å². The maximum Gasteiger partial charge on any atom is 0.121 e. The highest BCUT2D eigenvalue weighted by molar-refractivity contribution is 5.60. The molecule has 0 aliphatic rings. The molecule has 0 aliphatic carbocycles. The van der Waals surface area contributed by atoms with Crippen LogP contribution in [0.15, 0.2) is 24.4 Å². The molecule has 1 aromatic carbocycles. The number of nitrogens with zero attached hydrogens (tertiary/aromatic N) is 3. The molecular weight excluding hydrogens is 252 g/mol. The molecule has 0 saturated heterocycles. The summed E-state index contributed by atoms with van der Waals surface area (Å²) in [5.41, 5.74) is 3.59. The summed E-state index contributed by atoms with van der Waals surface area (Å²) in [6, 6.07) is 7.55. The number of aryl methyl sites for hydroxylation is 2. The number of nitriles is 1. The molecule has 20 heavy (non-hydrogen) atoms. The second-order valence-corrected chi connectivity index (χ2v) is 4.51. The van der Waals surface area contributed by atoms with E-state index in [-0.39, 0.29) is 0 Å². The van der Waals surface area contributed by atoms with Crippen LogP contribution in [0.3, 0.4) is 0 Å². The summed E-state index contributed by atoms with van der Waals surface area (Å²) >= 11 is 0. The van der Waals surface area contributed by atoms with Crippen molar-refractivity contribution in [1.82, 2.24) is 9.78 Å². The van der Waals surface area contributed by atoms with Gasteiger partial charge in [-0.15, -0.1) is 0 Å². The fraction of sp³-hybridized carbons (Fsp3) is 0.333. The molecule has 5 nitrogen and oxygen atoms in total. The zero-order valence-corrected chi connectivity index (χ0v) is 12.0. The second kappa shape index (κ2) is 6.11. The number of ether oxygens (including phenoxy) is 1. The highest BCUT2D eigenvalue weighted by Crippen LogP contribution is 2.22. The van der Waals surface area contributed by atoms with Crippen LogP contribution in [0.4, 0.5) is 5.69 Å². The number of anilines is 1. The summed E-state index contributed by atoms with van der Waals surface area (Å²) in [5.74, 6) is 0.730. The number of hydrogen-bond donors (Lipinski definition) is 1. The van der Waals surface area contributed by atoms with Crippen molar-refractivity contribution >= 4 is 5.69 Å². The Bertz CT molecular complexity index is 640. The smallest absolute Gasteiger partial charge is 0.121 e. The zero-order valence-electron chi connectivity index (χ0n) is 12.0. The van der Waals surface area contributed by atoms with Gasteiger partial charge in [-0.05, 0) is 18.6 Å². The summed E-state index contributed by atoms with van der Waals surface area (Å²) in [4.78, 5) is 0. The minimum absolute atomic E-state index is 0.604. The average Bonchev–Trinajstić information content (AvgIpc) is 2.84. The van der Waals surface area contributed by atoms with E-state index in [1.807, 2.05) is 24.0 Å². The van der Waals surface area contributed by atoms with Crippen LogP contribution in [0, 0.1) is 11.3 Å². The van der Waals surface area contributed by atoms with E-state index in [0.717, 1.165) is 29.1 Å². The standard InChI is InChI=1S/C15H18N4O/c1-4-14-12(10-19(2)18-14)9-17-15-7-13(20-3)6-5-11(15)8-16/h5-7,10,17H,4,9H2,1-3H3. The number of benzene rings is 1. The van der Waals surface area contributed by atoms with Crippen LogP contribution in [0.5, 0.6) is 5.75 Å². The summed E-state index contributed by atoms with van der Waals surface area (Å²) in [7, 11) is 3.52. The third-order valence-corrected chi connectivity index (χ3v) is 3.14. The van der Waals surface area contributed by atoms with Crippen LogP contribution < -0.4 is 10.1 Å². The van der Waals surface area contributed by atoms with E-state index >= 15 is 0 Å². The molecule has 1 heterocycles. The van der Waals surface area contributed by atoms with Crippen molar-refractivity contribution in [3.63, 3.8) is 0 Å². The van der Waals surface area contributed by atoms with Crippen LogP contribution in [0.2, 0.25) is 0 Å². The molecule has 0 unspecified atom stereocenters. The number of rotatable bonds is 5. The predicted molar refractivity (Wildman–Crippen MR) is 77.6 cm³/mol. The molecule has 0 aliphatic heterocycles. The molecule has 0 amide bonds. The lowest BCUT2D eigenvalue weighted by atomic mass is 10.1. The van der Waals surface area contributed by atoms with Crippen molar-refractivity contribution in [2.45, 2.75) is 19.9 Å². The zero-order chi connectivity index (χ0) is 14.5. The first-order valence-corrected chi connectivity index (χ1v) is 6.51. The molecule has 5 heteroatoms. The normalized spacial score (nSPS) is 10.1. The first-order valence-electron chi connectivity index (χ1n) is 6.51. The Balaban J connectivity index is 2.19. The quantitative estimate of drug-likeness (QED) is 0.906. The molecule has 0 atom stereocenters. The molecule has 1 aromatic heterocycles. The number of aromatic nitrogens is 2. The minimum atomic E-state index is 0.604. The lowest BCUT2D eigenvalue weighted by Gasteiger charge is -2.09. The third kappa shape index (κ3) is 2.91. The van der Waals surface area contributed by atoms with Crippen molar-refractivity contribution in [3.05, 3.63) is 41.2 Å². The summed E-state index contributed by atoms with van der Waals surface area (Å²) in [5, 5.41) is 16.8. The van der Waals surface area contributed by atoms with Crippen LogP contribution in [0.25, 0.3) is 0 Å². The molecule has 2 aromatic rings. The second-order valence-electron chi connectivity index (χ2n) is 4.51. The van der Waals surface area contributed by atoms with Crippen molar-refractivity contribution in [3.8, 4) is 11.8 Å². The summed E-state index contributed by atoms with van der Waals surface area (Å²) in [6.45, 7) is 2.72. The third-order valence-electron chi connectivity index (χ3n) is 3.14. The topological polar surface area (TPSA) is 62.9 Å². The Labute approximate surface area is 118 Å². The van der Waals surface area contributed by atoms with Gasteiger partial charge in [0.1, 0.15) is 11.8 Å². The first-order chi connectivity index (χ1) is 9.67. The van der Waals surface area contributed by atoms with Crippen molar-refractivity contribution < 1.29 is 4.74 Å². The first kappa shape index (κ1) is 13.9. The highest BCUT2D eigenvalue weighted by atomic mass is 16.5. The maximum absolute atomic E-state index is 9.14. The van der Waals surface area contributed by atoms with Crippen LogP contribution in [-0.2, 0) is 20.0 Å². The largest absolute Gasteiger partial charge is 0.497 e. The lowest BCUT2D eigenvalue weighted by molar-refractivity contribution is 0.415.